The van der Waals surface area contributed by atoms with Gasteiger partial charge in [0, 0.05) is 24.9 Å². The van der Waals surface area contributed by atoms with Crippen LogP contribution >= 0.6 is 0 Å². The summed E-state index contributed by atoms with van der Waals surface area (Å²) in [6, 6.07) is 13.6. The van der Waals surface area contributed by atoms with Crippen molar-refractivity contribution in [3.63, 3.8) is 0 Å². The molecule has 0 unspecified atom stereocenters. The van der Waals surface area contributed by atoms with E-state index < -0.39 is 0 Å². The number of methoxy groups -OCH3 is 2. The van der Waals surface area contributed by atoms with E-state index in [0.29, 0.717) is 28.5 Å². The Balaban J connectivity index is 1.88. The first-order chi connectivity index (χ1) is 13.5. The van der Waals surface area contributed by atoms with Gasteiger partial charge in [0.25, 0.3) is 5.91 Å². The van der Waals surface area contributed by atoms with Crippen LogP contribution in [0.2, 0.25) is 0 Å². The zero-order chi connectivity index (χ0) is 20.5. The Bertz CT molecular complexity index is 892. The molecule has 8 nitrogen and oxygen atoms in total. The van der Waals surface area contributed by atoms with Gasteiger partial charge in [-0.15, -0.1) is 0 Å². The van der Waals surface area contributed by atoms with E-state index in [0.717, 1.165) is 0 Å². The van der Waals surface area contributed by atoms with Crippen LogP contribution < -0.4 is 19.5 Å². The molecule has 2 aromatic carbocycles. The number of anilines is 1. The third-order valence-electron chi connectivity index (χ3n) is 3.80. The molecule has 0 heterocycles. The molecule has 2 aromatic rings. The lowest BCUT2D eigenvalue weighted by molar-refractivity contribution is -0.135. The molecule has 0 fully saturated rings. The van der Waals surface area contributed by atoms with Crippen LogP contribution in [0.3, 0.4) is 0 Å². The van der Waals surface area contributed by atoms with Crippen LogP contribution in [0.5, 0.6) is 17.2 Å². The summed E-state index contributed by atoms with van der Waals surface area (Å²) in [7, 11) is 4.49. The number of carbonyl (C=O) groups excluding carboxylic acids is 2. The van der Waals surface area contributed by atoms with Crippen molar-refractivity contribution in [3.05, 3.63) is 48.0 Å². The van der Waals surface area contributed by atoms with Crippen molar-refractivity contribution in [1.29, 1.82) is 5.26 Å². The average molecular weight is 383 g/mol. The second kappa shape index (κ2) is 9.83. The summed E-state index contributed by atoms with van der Waals surface area (Å²) >= 11 is 0. The van der Waals surface area contributed by atoms with E-state index in [-0.39, 0.29) is 25.0 Å². The van der Waals surface area contributed by atoms with Gasteiger partial charge in [-0.25, -0.2) is 0 Å². The van der Waals surface area contributed by atoms with Crippen LogP contribution in [0.25, 0.3) is 0 Å². The fourth-order valence-electron chi connectivity index (χ4n) is 2.31. The van der Waals surface area contributed by atoms with E-state index in [1.54, 1.807) is 36.4 Å². The molecule has 0 saturated heterocycles. The van der Waals surface area contributed by atoms with Gasteiger partial charge in [0.2, 0.25) is 5.91 Å². The summed E-state index contributed by atoms with van der Waals surface area (Å²) in [5.74, 6) is 0.577. The summed E-state index contributed by atoms with van der Waals surface area (Å²) in [6.45, 7) is -0.408. The number of nitriles is 1. The van der Waals surface area contributed by atoms with Crippen molar-refractivity contribution >= 4 is 17.5 Å². The number of nitrogens with zero attached hydrogens (tertiary/aromatic N) is 2. The largest absolute Gasteiger partial charge is 0.497 e. The fourth-order valence-corrected chi connectivity index (χ4v) is 2.31. The van der Waals surface area contributed by atoms with E-state index in [2.05, 4.69) is 5.32 Å². The number of nitrogens with one attached hydrogen (secondary N) is 1. The average Bonchev–Trinajstić information content (AvgIpc) is 2.71. The highest BCUT2D eigenvalue weighted by Crippen LogP contribution is 2.27. The summed E-state index contributed by atoms with van der Waals surface area (Å²) < 4.78 is 15.7. The van der Waals surface area contributed by atoms with Crippen LogP contribution in [-0.4, -0.2) is 51.1 Å². The molecule has 28 heavy (non-hydrogen) atoms. The lowest BCUT2D eigenvalue weighted by Crippen LogP contribution is -2.37. The molecule has 2 rings (SSSR count). The molecule has 0 spiro atoms. The third-order valence-corrected chi connectivity index (χ3v) is 3.80. The summed E-state index contributed by atoms with van der Waals surface area (Å²) in [5.41, 5.74) is 0.991. The van der Waals surface area contributed by atoms with Crippen LogP contribution in [0.1, 0.15) is 5.56 Å². The normalized spacial score (nSPS) is 9.79. The van der Waals surface area contributed by atoms with Gasteiger partial charge in [0.15, 0.2) is 18.1 Å². The van der Waals surface area contributed by atoms with Crippen molar-refractivity contribution in [3.8, 4) is 23.3 Å². The SMILES string of the molecule is COc1cccc(NC(=O)CN(C)C(=O)COc2ccc(C#N)cc2OC)c1. The van der Waals surface area contributed by atoms with Gasteiger partial charge in [-0.2, -0.15) is 5.26 Å². The maximum atomic E-state index is 12.2. The van der Waals surface area contributed by atoms with Crippen molar-refractivity contribution in [2.75, 3.05) is 39.7 Å². The Morgan fingerprint density at radius 3 is 2.57 bits per heavy atom. The predicted octanol–water partition coefficient (Wildman–Crippen LogP) is 2.05. The maximum Gasteiger partial charge on any atom is 0.260 e. The smallest absolute Gasteiger partial charge is 0.260 e. The molecule has 0 atom stereocenters. The molecule has 0 radical (unpaired) electrons. The number of carbonyl (C=O) groups is 2. The quantitative estimate of drug-likeness (QED) is 0.749. The van der Waals surface area contributed by atoms with Gasteiger partial charge in [-0.3, -0.25) is 9.59 Å². The number of hydrogen-bond donors (Lipinski definition) is 1. The van der Waals surface area contributed by atoms with E-state index in [1.165, 1.54) is 32.2 Å². The van der Waals surface area contributed by atoms with Crippen LogP contribution in [0.4, 0.5) is 5.69 Å². The Hall–Kier alpha value is -3.73. The molecule has 0 aliphatic carbocycles. The zero-order valence-corrected chi connectivity index (χ0v) is 15.9. The molecule has 8 heteroatoms. The summed E-state index contributed by atoms with van der Waals surface area (Å²) in [6.07, 6.45) is 0. The highest BCUT2D eigenvalue weighted by Gasteiger charge is 2.15. The van der Waals surface area contributed by atoms with E-state index >= 15 is 0 Å². The number of rotatable bonds is 8. The standard InChI is InChI=1S/C20H21N3O5/c1-23(12-19(24)22-15-5-4-6-16(10-15)26-2)20(25)13-28-17-8-7-14(11-21)9-18(17)27-3/h4-10H,12-13H2,1-3H3,(H,22,24). The topological polar surface area (TPSA) is 101 Å². The van der Waals surface area contributed by atoms with Gasteiger partial charge in [-0.1, -0.05) is 6.07 Å². The molecule has 0 bridgehead atoms. The first-order valence-electron chi connectivity index (χ1n) is 8.35. The molecule has 2 amide bonds. The van der Waals surface area contributed by atoms with Gasteiger partial charge in [0.1, 0.15) is 5.75 Å². The van der Waals surface area contributed by atoms with E-state index in [4.69, 9.17) is 19.5 Å². The van der Waals surface area contributed by atoms with E-state index in [1.807, 2.05) is 6.07 Å². The minimum Gasteiger partial charge on any atom is -0.497 e. The van der Waals surface area contributed by atoms with Gasteiger partial charge in [-0.05, 0) is 24.3 Å². The summed E-state index contributed by atoms with van der Waals surface area (Å²) in [5, 5.41) is 11.6. The highest BCUT2D eigenvalue weighted by atomic mass is 16.5. The lowest BCUT2D eigenvalue weighted by atomic mass is 10.2. The molecular weight excluding hydrogens is 362 g/mol. The Morgan fingerprint density at radius 2 is 1.89 bits per heavy atom. The first-order valence-corrected chi connectivity index (χ1v) is 8.35. The lowest BCUT2D eigenvalue weighted by Gasteiger charge is -2.18. The molecule has 146 valence electrons. The van der Waals surface area contributed by atoms with Crippen molar-refractivity contribution in [2.24, 2.45) is 0 Å². The van der Waals surface area contributed by atoms with Crippen LogP contribution in [0, 0.1) is 11.3 Å². The minimum absolute atomic E-state index is 0.135. The maximum absolute atomic E-state index is 12.2. The second-order valence-corrected chi connectivity index (χ2v) is 5.80. The number of hydrogen-bond acceptors (Lipinski definition) is 6. The van der Waals surface area contributed by atoms with Gasteiger partial charge >= 0.3 is 0 Å². The number of ether oxygens (including phenoxy) is 3. The second-order valence-electron chi connectivity index (χ2n) is 5.80. The molecular formula is C20H21N3O5. The number of amides is 2. The van der Waals surface area contributed by atoms with Crippen LogP contribution in [0.15, 0.2) is 42.5 Å². The highest BCUT2D eigenvalue weighted by molar-refractivity contribution is 5.94. The molecule has 1 N–H and O–H groups in total. The van der Waals surface area contributed by atoms with E-state index in [9.17, 15) is 9.59 Å². The Morgan fingerprint density at radius 1 is 1.11 bits per heavy atom. The molecule has 0 aromatic heterocycles. The third kappa shape index (κ3) is 5.64. The fraction of sp³-hybridized carbons (Fsp3) is 0.250. The minimum atomic E-state index is -0.382. The Labute approximate surface area is 163 Å². The van der Waals surface area contributed by atoms with Gasteiger partial charge < -0.3 is 24.4 Å². The molecule has 0 aliphatic heterocycles. The monoisotopic (exact) mass is 383 g/mol. The molecule has 0 saturated carbocycles. The zero-order valence-electron chi connectivity index (χ0n) is 15.9. The van der Waals surface area contributed by atoms with Crippen molar-refractivity contribution in [1.82, 2.24) is 4.90 Å². The van der Waals surface area contributed by atoms with Crippen molar-refractivity contribution < 1.29 is 23.8 Å². The first kappa shape index (κ1) is 20.6. The van der Waals surface area contributed by atoms with Gasteiger partial charge in [0.05, 0.1) is 32.4 Å². The Kier molecular flexibility index (Phi) is 7.22. The summed E-state index contributed by atoms with van der Waals surface area (Å²) in [4.78, 5) is 25.6. The number of likely N-dealkylation sites (N-methyl/N-ethyl adjacent to an activating group) is 1. The molecule has 0 aliphatic rings. The van der Waals surface area contributed by atoms with Crippen LogP contribution in [-0.2, 0) is 9.59 Å². The predicted molar refractivity (Wildman–Crippen MR) is 102 cm³/mol. The van der Waals surface area contributed by atoms with Crippen molar-refractivity contribution in [2.45, 2.75) is 0 Å². The number of benzene rings is 2.